The summed E-state index contributed by atoms with van der Waals surface area (Å²) in [5.41, 5.74) is 13.2. The molecule has 1 amide bonds. The molecule has 4 N–H and O–H groups in total. The monoisotopic (exact) mass is 175 g/mol. The summed E-state index contributed by atoms with van der Waals surface area (Å²) in [6.07, 6.45) is 0.722. The van der Waals surface area contributed by atoms with Crippen LogP contribution in [0.5, 0.6) is 0 Å². The molecule has 0 saturated carbocycles. The number of amides is 1. The molecule has 3 heteroatoms. The highest BCUT2D eigenvalue weighted by Crippen LogP contribution is 2.31. The largest absolute Gasteiger partial charge is 0.369 e. The minimum atomic E-state index is -0.336. The Morgan fingerprint density at radius 2 is 2.38 bits per heavy atom. The van der Waals surface area contributed by atoms with Crippen molar-refractivity contribution in [2.75, 3.05) is 0 Å². The van der Waals surface area contributed by atoms with Crippen LogP contribution in [0.25, 0.3) is 0 Å². The fourth-order valence-electron chi connectivity index (χ4n) is 1.92. The lowest BCUT2D eigenvalue weighted by molar-refractivity contribution is -0.119. The zero-order chi connectivity index (χ0) is 9.42. The third kappa shape index (κ3) is 1.21. The third-order valence-electron chi connectivity index (χ3n) is 2.51. The van der Waals surface area contributed by atoms with Gasteiger partial charge in [0.2, 0.25) is 5.91 Å². The molecule has 1 aliphatic rings. The highest BCUT2D eigenvalue weighted by Gasteiger charge is 2.33. The highest BCUT2D eigenvalue weighted by molar-refractivity contribution is 5.84. The molecule has 0 aliphatic heterocycles. The molecule has 0 saturated heterocycles. The van der Waals surface area contributed by atoms with Crippen LogP contribution in [-0.4, -0.2) is 11.9 Å². The first-order valence-corrected chi connectivity index (χ1v) is 4.24. The van der Waals surface area contributed by atoms with E-state index in [1.807, 2.05) is 12.1 Å². The van der Waals surface area contributed by atoms with Crippen molar-refractivity contribution in [1.82, 2.24) is 0 Å². The molecule has 2 rings (SSSR count). The van der Waals surface area contributed by atoms with Crippen LogP contribution in [-0.2, 0) is 11.2 Å². The van der Waals surface area contributed by atoms with E-state index in [0.717, 1.165) is 17.5 Å². The molecule has 3 nitrogen and oxygen atoms in total. The lowest BCUT2D eigenvalue weighted by Gasteiger charge is -2.11. The summed E-state index contributed by atoms with van der Waals surface area (Å²) in [6.45, 7) is 0. The fourth-order valence-corrected chi connectivity index (χ4v) is 1.92. The first-order chi connectivity index (χ1) is 6.20. The predicted molar refractivity (Wildman–Crippen MR) is 48.9 cm³/mol. The molecule has 1 aliphatic carbocycles. The lowest BCUT2D eigenvalue weighted by Crippen LogP contribution is -2.34. The molecular weight excluding hydrogens is 164 g/mol. The van der Waals surface area contributed by atoms with Gasteiger partial charge in [-0.25, -0.2) is 0 Å². The van der Waals surface area contributed by atoms with Gasteiger partial charge in [0.05, 0.1) is 5.92 Å². The lowest BCUT2D eigenvalue weighted by atomic mass is 9.98. The van der Waals surface area contributed by atoms with Gasteiger partial charge in [0, 0.05) is 6.04 Å². The molecule has 1 unspecified atom stereocenters. The normalized spacial score (nSPS) is 25.6. The van der Waals surface area contributed by atoms with Crippen LogP contribution < -0.4 is 11.5 Å². The number of nitrogens with two attached hydrogens (primary N) is 2. The van der Waals surface area contributed by atoms with Crippen LogP contribution in [0.4, 0.5) is 0 Å². The highest BCUT2D eigenvalue weighted by atomic mass is 16.1. The number of primary amides is 1. The molecule has 0 spiro atoms. The maximum absolute atomic E-state index is 11.1. The SMILES string of the molecule is NC(=O)C1c2cc[c]cc2C[C@@H]1N. The second-order valence-electron chi connectivity index (χ2n) is 3.37. The van der Waals surface area contributed by atoms with E-state index in [-0.39, 0.29) is 17.9 Å². The predicted octanol–water partition coefficient (Wildman–Crippen LogP) is -0.0609. The molecule has 0 bridgehead atoms. The summed E-state index contributed by atoms with van der Waals surface area (Å²) in [5, 5.41) is 0. The second kappa shape index (κ2) is 2.85. The summed E-state index contributed by atoms with van der Waals surface area (Å²) < 4.78 is 0. The van der Waals surface area contributed by atoms with Gasteiger partial charge in [0.15, 0.2) is 0 Å². The van der Waals surface area contributed by atoms with E-state index in [2.05, 4.69) is 6.07 Å². The summed E-state index contributed by atoms with van der Waals surface area (Å²) in [6, 6.07) is 8.33. The van der Waals surface area contributed by atoms with Crippen molar-refractivity contribution in [3.63, 3.8) is 0 Å². The van der Waals surface area contributed by atoms with Gasteiger partial charge in [-0.05, 0) is 23.6 Å². The van der Waals surface area contributed by atoms with Crippen LogP contribution in [0.3, 0.4) is 0 Å². The van der Waals surface area contributed by atoms with Gasteiger partial charge in [0.1, 0.15) is 0 Å². The van der Waals surface area contributed by atoms with E-state index in [1.165, 1.54) is 0 Å². The summed E-state index contributed by atoms with van der Waals surface area (Å²) >= 11 is 0. The average Bonchev–Trinajstić information content (AvgIpc) is 2.39. The van der Waals surface area contributed by atoms with Gasteiger partial charge in [-0.3, -0.25) is 4.79 Å². The quantitative estimate of drug-likeness (QED) is 0.627. The standard InChI is InChI=1S/C10H11N2O/c11-8-5-6-3-1-2-4-7(6)9(8)10(12)13/h2-4,8-9H,5,11H2,(H2,12,13)/t8-,9?/m0/s1. The average molecular weight is 175 g/mol. The van der Waals surface area contributed by atoms with Gasteiger partial charge in [-0.1, -0.05) is 18.2 Å². The van der Waals surface area contributed by atoms with E-state index in [1.54, 1.807) is 6.07 Å². The number of carbonyl (C=O) groups is 1. The molecule has 1 aromatic rings. The Morgan fingerprint density at radius 1 is 1.62 bits per heavy atom. The van der Waals surface area contributed by atoms with E-state index in [4.69, 9.17) is 11.5 Å². The van der Waals surface area contributed by atoms with Crippen LogP contribution >= 0.6 is 0 Å². The van der Waals surface area contributed by atoms with Crippen molar-refractivity contribution in [2.24, 2.45) is 11.5 Å². The molecular formula is C10H11N2O. The Balaban J connectivity index is 2.46. The number of carbonyl (C=O) groups excluding carboxylic acids is 1. The Kier molecular flexibility index (Phi) is 1.81. The first-order valence-electron chi connectivity index (χ1n) is 4.24. The molecule has 67 valence electrons. The summed E-state index contributed by atoms with van der Waals surface area (Å²) in [7, 11) is 0. The molecule has 0 fully saturated rings. The van der Waals surface area contributed by atoms with Gasteiger partial charge in [-0.15, -0.1) is 0 Å². The zero-order valence-electron chi connectivity index (χ0n) is 7.16. The number of hydrogen-bond donors (Lipinski definition) is 2. The fraction of sp³-hybridized carbons (Fsp3) is 0.300. The minimum Gasteiger partial charge on any atom is -0.369 e. The Labute approximate surface area is 76.7 Å². The second-order valence-corrected chi connectivity index (χ2v) is 3.37. The van der Waals surface area contributed by atoms with E-state index < -0.39 is 0 Å². The van der Waals surface area contributed by atoms with Gasteiger partial charge >= 0.3 is 0 Å². The summed E-state index contributed by atoms with van der Waals surface area (Å²) in [4.78, 5) is 11.1. The van der Waals surface area contributed by atoms with E-state index >= 15 is 0 Å². The van der Waals surface area contributed by atoms with Gasteiger partial charge in [0.25, 0.3) is 0 Å². The van der Waals surface area contributed by atoms with Crippen molar-refractivity contribution in [3.8, 4) is 0 Å². The topological polar surface area (TPSA) is 69.1 Å². The molecule has 0 aromatic heterocycles. The van der Waals surface area contributed by atoms with E-state index in [0.29, 0.717) is 0 Å². The molecule has 1 radical (unpaired) electrons. The zero-order valence-corrected chi connectivity index (χ0v) is 7.16. The van der Waals surface area contributed by atoms with Gasteiger partial charge < -0.3 is 11.5 Å². The van der Waals surface area contributed by atoms with Crippen molar-refractivity contribution in [2.45, 2.75) is 18.4 Å². The van der Waals surface area contributed by atoms with Crippen LogP contribution in [0.15, 0.2) is 18.2 Å². The maximum Gasteiger partial charge on any atom is 0.226 e. The number of fused-ring (bicyclic) bond motifs is 1. The van der Waals surface area contributed by atoms with Gasteiger partial charge in [-0.2, -0.15) is 0 Å². The summed E-state index contributed by atoms with van der Waals surface area (Å²) in [5.74, 6) is -0.651. The van der Waals surface area contributed by atoms with Crippen molar-refractivity contribution < 1.29 is 4.79 Å². The minimum absolute atomic E-state index is 0.164. The first kappa shape index (κ1) is 8.26. The Bertz CT molecular complexity index is 349. The van der Waals surface area contributed by atoms with Crippen LogP contribution in [0.1, 0.15) is 17.0 Å². The van der Waals surface area contributed by atoms with Crippen LogP contribution in [0.2, 0.25) is 0 Å². The Morgan fingerprint density at radius 3 is 3.08 bits per heavy atom. The van der Waals surface area contributed by atoms with Crippen molar-refractivity contribution in [1.29, 1.82) is 0 Å². The smallest absolute Gasteiger partial charge is 0.226 e. The van der Waals surface area contributed by atoms with Crippen LogP contribution in [0, 0.1) is 6.07 Å². The molecule has 2 atom stereocenters. The molecule has 13 heavy (non-hydrogen) atoms. The Hall–Kier alpha value is -1.35. The maximum atomic E-state index is 11.1. The van der Waals surface area contributed by atoms with Crippen molar-refractivity contribution in [3.05, 3.63) is 35.4 Å². The molecule has 0 heterocycles. The third-order valence-corrected chi connectivity index (χ3v) is 2.51. The van der Waals surface area contributed by atoms with Crippen molar-refractivity contribution >= 4 is 5.91 Å². The van der Waals surface area contributed by atoms with E-state index in [9.17, 15) is 4.79 Å². The number of benzene rings is 1. The number of hydrogen-bond acceptors (Lipinski definition) is 2. The number of rotatable bonds is 1. The molecule has 1 aromatic carbocycles.